The minimum atomic E-state index is -0.771. The van der Waals surface area contributed by atoms with Crippen molar-refractivity contribution >= 4 is 5.91 Å². The van der Waals surface area contributed by atoms with Crippen LogP contribution in [0.25, 0.3) is 0 Å². The van der Waals surface area contributed by atoms with Crippen LogP contribution in [0.4, 0.5) is 4.39 Å². The molecule has 1 amide bonds. The highest BCUT2D eigenvalue weighted by atomic mass is 19.1. The van der Waals surface area contributed by atoms with Crippen molar-refractivity contribution in [3.8, 4) is 5.75 Å². The number of ether oxygens (including phenoxy) is 1. The zero-order valence-electron chi connectivity index (χ0n) is 10.1. The highest BCUT2D eigenvalue weighted by molar-refractivity contribution is 5.78. The monoisotopic (exact) mass is 253 g/mol. The summed E-state index contributed by atoms with van der Waals surface area (Å²) in [6.45, 7) is 1.39. The summed E-state index contributed by atoms with van der Waals surface area (Å²) in [4.78, 5) is 11.4. The highest BCUT2D eigenvalue weighted by Gasteiger charge is 2.23. The third-order valence-electron chi connectivity index (χ3n) is 2.73. The van der Waals surface area contributed by atoms with Crippen LogP contribution in [-0.4, -0.2) is 23.7 Å². The predicted octanol–water partition coefficient (Wildman–Crippen LogP) is 1.54. The highest BCUT2D eigenvalue weighted by Crippen LogP contribution is 2.26. The van der Waals surface area contributed by atoms with Crippen molar-refractivity contribution in [3.05, 3.63) is 29.6 Å². The van der Waals surface area contributed by atoms with Crippen LogP contribution < -0.4 is 10.1 Å². The van der Waals surface area contributed by atoms with Gasteiger partial charge in [0.25, 0.3) is 5.91 Å². The van der Waals surface area contributed by atoms with Gasteiger partial charge in [-0.1, -0.05) is 0 Å². The van der Waals surface area contributed by atoms with Crippen molar-refractivity contribution in [2.24, 2.45) is 0 Å². The van der Waals surface area contributed by atoms with Gasteiger partial charge in [0.2, 0.25) is 0 Å². The summed E-state index contributed by atoms with van der Waals surface area (Å²) >= 11 is 0. The van der Waals surface area contributed by atoms with Gasteiger partial charge in [-0.3, -0.25) is 4.79 Å². The van der Waals surface area contributed by atoms with E-state index >= 15 is 0 Å². The average Bonchev–Trinajstić information content (AvgIpc) is 3.10. The molecule has 0 radical (unpaired) electrons. The first-order valence-electron chi connectivity index (χ1n) is 5.96. The molecule has 4 nitrogen and oxygen atoms in total. The number of benzene rings is 1. The third kappa shape index (κ3) is 3.43. The Labute approximate surface area is 105 Å². The van der Waals surface area contributed by atoms with E-state index in [0.29, 0.717) is 5.56 Å². The van der Waals surface area contributed by atoms with E-state index in [0.717, 1.165) is 12.8 Å². The Morgan fingerprint density at radius 2 is 2.33 bits per heavy atom. The minimum absolute atomic E-state index is 0.167. The summed E-state index contributed by atoms with van der Waals surface area (Å²) in [5.74, 6) is -0.480. The van der Waals surface area contributed by atoms with E-state index in [1.807, 2.05) is 0 Å². The Morgan fingerprint density at radius 1 is 1.61 bits per heavy atom. The smallest absolute Gasteiger partial charge is 0.258 e. The molecule has 0 aliphatic heterocycles. The summed E-state index contributed by atoms with van der Waals surface area (Å²) < 4.78 is 18.4. The van der Waals surface area contributed by atoms with Crippen LogP contribution in [0, 0.1) is 5.82 Å². The second-order valence-corrected chi connectivity index (χ2v) is 4.49. The second kappa shape index (κ2) is 5.35. The molecule has 0 heterocycles. The van der Waals surface area contributed by atoms with Gasteiger partial charge >= 0.3 is 0 Å². The molecule has 0 spiro atoms. The molecule has 5 heteroatoms. The topological polar surface area (TPSA) is 58.6 Å². The normalized spacial score (nSPS) is 16.2. The van der Waals surface area contributed by atoms with Gasteiger partial charge in [0.15, 0.2) is 6.61 Å². The van der Waals surface area contributed by atoms with Crippen LogP contribution in [0.1, 0.15) is 31.4 Å². The number of halogens is 1. The molecule has 18 heavy (non-hydrogen) atoms. The Bertz CT molecular complexity index is 444. The average molecular weight is 253 g/mol. The molecule has 1 aromatic rings. The van der Waals surface area contributed by atoms with E-state index in [-0.39, 0.29) is 24.3 Å². The molecule has 1 unspecified atom stereocenters. The third-order valence-corrected chi connectivity index (χ3v) is 2.73. The van der Waals surface area contributed by atoms with Crippen molar-refractivity contribution in [1.29, 1.82) is 0 Å². The molecule has 1 aliphatic rings. The van der Waals surface area contributed by atoms with Gasteiger partial charge in [-0.05, 0) is 31.9 Å². The fourth-order valence-electron chi connectivity index (χ4n) is 1.62. The summed E-state index contributed by atoms with van der Waals surface area (Å²) in [6, 6.07) is 4.14. The lowest BCUT2D eigenvalue weighted by Crippen LogP contribution is -2.30. The number of nitrogens with one attached hydrogen (secondary N) is 1. The Balaban J connectivity index is 1.98. The maximum atomic E-state index is 13.1. The van der Waals surface area contributed by atoms with Gasteiger partial charge in [0.1, 0.15) is 11.6 Å². The van der Waals surface area contributed by atoms with Gasteiger partial charge < -0.3 is 15.2 Å². The standard InChI is InChI=1S/C13H16FNO3/c1-8(16)11-5-2-9(14)6-12(11)18-7-13(17)15-10-3-4-10/h2,5-6,8,10,16H,3-4,7H2,1H3,(H,15,17). The van der Waals surface area contributed by atoms with Gasteiger partial charge in [0, 0.05) is 17.7 Å². The number of hydrogen-bond donors (Lipinski definition) is 2. The van der Waals surface area contributed by atoms with E-state index in [1.54, 1.807) is 6.92 Å². The van der Waals surface area contributed by atoms with E-state index < -0.39 is 11.9 Å². The molecule has 0 aromatic heterocycles. The summed E-state index contributed by atoms with van der Waals surface area (Å²) in [6.07, 6.45) is 1.24. The van der Waals surface area contributed by atoms with Crippen molar-refractivity contribution in [1.82, 2.24) is 5.32 Å². The van der Waals surface area contributed by atoms with Crippen LogP contribution in [0.3, 0.4) is 0 Å². The maximum absolute atomic E-state index is 13.1. The van der Waals surface area contributed by atoms with Crippen molar-refractivity contribution in [2.75, 3.05) is 6.61 Å². The molecule has 1 aromatic carbocycles. The van der Waals surface area contributed by atoms with Gasteiger partial charge in [-0.2, -0.15) is 0 Å². The molecule has 0 bridgehead atoms. The zero-order chi connectivity index (χ0) is 13.1. The number of carbonyl (C=O) groups excluding carboxylic acids is 1. The first-order valence-corrected chi connectivity index (χ1v) is 5.96. The molecular weight excluding hydrogens is 237 g/mol. The Kier molecular flexibility index (Phi) is 3.81. The number of aliphatic hydroxyl groups excluding tert-OH is 1. The molecule has 2 N–H and O–H groups in total. The molecular formula is C13H16FNO3. The molecule has 98 valence electrons. The van der Waals surface area contributed by atoms with Crippen LogP contribution in [0.15, 0.2) is 18.2 Å². The van der Waals surface area contributed by atoms with E-state index in [1.165, 1.54) is 18.2 Å². The van der Waals surface area contributed by atoms with Crippen LogP contribution in [-0.2, 0) is 4.79 Å². The summed E-state index contributed by atoms with van der Waals surface area (Å²) in [5, 5.41) is 12.3. The Hall–Kier alpha value is -1.62. The first-order chi connectivity index (χ1) is 8.56. The van der Waals surface area contributed by atoms with Gasteiger partial charge in [0.05, 0.1) is 6.10 Å². The summed E-state index contributed by atoms with van der Waals surface area (Å²) in [7, 11) is 0. The van der Waals surface area contributed by atoms with E-state index in [4.69, 9.17) is 4.74 Å². The lowest BCUT2D eigenvalue weighted by molar-refractivity contribution is -0.123. The number of carbonyl (C=O) groups is 1. The molecule has 1 fully saturated rings. The number of rotatable bonds is 5. The molecule has 2 rings (SSSR count). The molecule has 1 saturated carbocycles. The quantitative estimate of drug-likeness (QED) is 0.836. The first kappa shape index (κ1) is 12.8. The van der Waals surface area contributed by atoms with Gasteiger partial charge in [-0.15, -0.1) is 0 Å². The molecule has 1 atom stereocenters. The fourth-order valence-corrected chi connectivity index (χ4v) is 1.62. The SMILES string of the molecule is CC(O)c1ccc(F)cc1OCC(=O)NC1CC1. The lowest BCUT2D eigenvalue weighted by Gasteiger charge is -2.13. The zero-order valence-corrected chi connectivity index (χ0v) is 10.1. The van der Waals surface area contributed by atoms with Crippen LogP contribution in [0.2, 0.25) is 0 Å². The number of aliphatic hydroxyl groups is 1. The number of hydrogen-bond acceptors (Lipinski definition) is 3. The van der Waals surface area contributed by atoms with Crippen molar-refractivity contribution in [3.63, 3.8) is 0 Å². The van der Waals surface area contributed by atoms with Crippen molar-refractivity contribution in [2.45, 2.75) is 31.9 Å². The Morgan fingerprint density at radius 3 is 2.94 bits per heavy atom. The van der Waals surface area contributed by atoms with Crippen LogP contribution >= 0.6 is 0 Å². The molecule has 0 saturated heterocycles. The lowest BCUT2D eigenvalue weighted by atomic mass is 10.1. The number of amides is 1. The predicted molar refractivity (Wildman–Crippen MR) is 63.7 cm³/mol. The largest absolute Gasteiger partial charge is 0.483 e. The van der Waals surface area contributed by atoms with E-state index in [2.05, 4.69) is 5.32 Å². The van der Waals surface area contributed by atoms with Crippen molar-refractivity contribution < 1.29 is 19.0 Å². The minimum Gasteiger partial charge on any atom is -0.483 e. The van der Waals surface area contributed by atoms with Gasteiger partial charge in [-0.25, -0.2) is 4.39 Å². The second-order valence-electron chi connectivity index (χ2n) is 4.49. The fraction of sp³-hybridized carbons (Fsp3) is 0.462. The van der Waals surface area contributed by atoms with E-state index in [9.17, 15) is 14.3 Å². The maximum Gasteiger partial charge on any atom is 0.258 e. The summed E-state index contributed by atoms with van der Waals surface area (Å²) in [5.41, 5.74) is 0.468. The van der Waals surface area contributed by atoms with Crippen LogP contribution in [0.5, 0.6) is 5.75 Å². The molecule has 1 aliphatic carbocycles.